The number of furan rings is 1. The monoisotopic (exact) mass is 297 g/mol. The molecular weight excluding hydrogens is 282 g/mol. The van der Waals surface area contributed by atoms with E-state index in [9.17, 15) is 4.79 Å². The number of amides is 1. The number of carbonyl (C=O) groups excluding carboxylic acids is 1. The number of fused-ring (bicyclic) bond motifs is 1. The van der Waals surface area contributed by atoms with Crippen LogP contribution in [0.2, 0.25) is 0 Å². The van der Waals surface area contributed by atoms with Crippen LogP contribution in [0.1, 0.15) is 23.2 Å². The summed E-state index contributed by atoms with van der Waals surface area (Å²) in [5, 5.41) is 2.75. The zero-order valence-corrected chi connectivity index (χ0v) is 12.1. The molecule has 0 aliphatic heterocycles. The molecule has 6 heteroatoms. The summed E-state index contributed by atoms with van der Waals surface area (Å²) in [6.45, 7) is 2.53. The average Bonchev–Trinajstić information content (AvgIpc) is 3.06. The summed E-state index contributed by atoms with van der Waals surface area (Å²) in [5.74, 6) is 0.552. The van der Waals surface area contributed by atoms with E-state index in [-0.39, 0.29) is 24.0 Å². The van der Waals surface area contributed by atoms with E-state index in [1.807, 2.05) is 25.1 Å². The van der Waals surface area contributed by atoms with E-state index in [4.69, 9.17) is 9.15 Å². The fourth-order valence-electron chi connectivity index (χ4n) is 2.03. The van der Waals surface area contributed by atoms with Crippen molar-refractivity contribution < 1.29 is 13.9 Å². The van der Waals surface area contributed by atoms with Crippen molar-refractivity contribution in [3.8, 4) is 5.88 Å². The van der Waals surface area contributed by atoms with Gasteiger partial charge in [0.05, 0.1) is 30.4 Å². The fourth-order valence-corrected chi connectivity index (χ4v) is 2.03. The minimum absolute atomic E-state index is 0.173. The van der Waals surface area contributed by atoms with Crippen LogP contribution < -0.4 is 10.1 Å². The molecule has 0 aliphatic rings. The summed E-state index contributed by atoms with van der Waals surface area (Å²) < 4.78 is 10.6. The summed E-state index contributed by atoms with van der Waals surface area (Å²) in [7, 11) is 0. The van der Waals surface area contributed by atoms with Crippen LogP contribution in [0.25, 0.3) is 11.0 Å². The molecule has 1 aromatic carbocycles. The number of para-hydroxylation sites is 2. The van der Waals surface area contributed by atoms with Gasteiger partial charge in [0, 0.05) is 0 Å². The largest absolute Gasteiger partial charge is 0.476 e. The molecule has 2 heterocycles. The quantitative estimate of drug-likeness (QED) is 0.783. The van der Waals surface area contributed by atoms with Crippen LogP contribution in [-0.2, 0) is 6.54 Å². The average molecular weight is 297 g/mol. The van der Waals surface area contributed by atoms with E-state index < -0.39 is 0 Å². The van der Waals surface area contributed by atoms with Gasteiger partial charge in [0.1, 0.15) is 5.76 Å². The second kappa shape index (κ2) is 6.26. The van der Waals surface area contributed by atoms with Crippen molar-refractivity contribution in [2.24, 2.45) is 0 Å². The van der Waals surface area contributed by atoms with Crippen LogP contribution in [0.5, 0.6) is 5.88 Å². The molecule has 0 atom stereocenters. The lowest BCUT2D eigenvalue weighted by molar-refractivity contribution is 0.0938. The third-order valence-electron chi connectivity index (χ3n) is 3.04. The van der Waals surface area contributed by atoms with Crippen molar-refractivity contribution in [2.45, 2.75) is 13.5 Å². The molecule has 0 unspecified atom stereocenters. The van der Waals surface area contributed by atoms with Crippen LogP contribution in [0.15, 0.2) is 47.1 Å². The van der Waals surface area contributed by atoms with E-state index >= 15 is 0 Å². The van der Waals surface area contributed by atoms with Gasteiger partial charge in [-0.1, -0.05) is 12.1 Å². The molecule has 3 aromatic rings. The first kappa shape index (κ1) is 14.1. The lowest BCUT2D eigenvalue weighted by Crippen LogP contribution is -2.25. The Bertz CT molecular complexity index is 784. The molecule has 0 saturated heterocycles. The molecule has 112 valence electrons. The molecule has 1 amide bonds. The lowest BCUT2D eigenvalue weighted by atomic mass is 10.3. The van der Waals surface area contributed by atoms with Gasteiger partial charge >= 0.3 is 0 Å². The molecule has 1 N–H and O–H groups in total. The highest BCUT2D eigenvalue weighted by atomic mass is 16.5. The topological polar surface area (TPSA) is 77.2 Å². The maximum absolute atomic E-state index is 12.3. The van der Waals surface area contributed by atoms with Gasteiger partial charge in [-0.2, -0.15) is 0 Å². The summed E-state index contributed by atoms with van der Waals surface area (Å²) >= 11 is 0. The first-order valence-electron chi connectivity index (χ1n) is 6.98. The molecule has 0 saturated carbocycles. The summed E-state index contributed by atoms with van der Waals surface area (Å²) in [6, 6.07) is 10.9. The van der Waals surface area contributed by atoms with Gasteiger partial charge in [0.25, 0.3) is 5.91 Å². The Balaban J connectivity index is 1.89. The number of aromatic nitrogens is 2. The Morgan fingerprint density at radius 2 is 1.95 bits per heavy atom. The maximum atomic E-state index is 12.3. The predicted molar refractivity (Wildman–Crippen MR) is 80.6 cm³/mol. The predicted octanol–water partition coefficient (Wildman–Crippen LogP) is 2.55. The Hall–Kier alpha value is -2.89. The van der Waals surface area contributed by atoms with Crippen molar-refractivity contribution in [1.29, 1.82) is 0 Å². The SMILES string of the molecule is CCOc1nc2ccccc2nc1C(=O)NCc1ccco1. The fraction of sp³-hybridized carbons (Fsp3) is 0.188. The first-order valence-corrected chi connectivity index (χ1v) is 6.98. The Morgan fingerprint density at radius 1 is 1.18 bits per heavy atom. The normalized spacial score (nSPS) is 10.6. The Kier molecular flexibility index (Phi) is 4.00. The second-order valence-corrected chi connectivity index (χ2v) is 4.56. The molecule has 0 spiro atoms. The van der Waals surface area contributed by atoms with E-state index in [0.717, 1.165) is 0 Å². The van der Waals surface area contributed by atoms with E-state index in [2.05, 4.69) is 15.3 Å². The molecule has 0 bridgehead atoms. The third kappa shape index (κ3) is 2.90. The number of ether oxygens (including phenoxy) is 1. The van der Waals surface area contributed by atoms with Gasteiger partial charge in [0.15, 0.2) is 5.69 Å². The van der Waals surface area contributed by atoms with Gasteiger partial charge in [0.2, 0.25) is 5.88 Å². The van der Waals surface area contributed by atoms with Crippen molar-refractivity contribution in [3.05, 3.63) is 54.1 Å². The Morgan fingerprint density at radius 3 is 2.64 bits per heavy atom. The number of rotatable bonds is 5. The summed E-state index contributed by atoms with van der Waals surface area (Å²) in [5.41, 5.74) is 1.51. The standard InChI is InChI=1S/C16H15N3O3/c1-2-21-16-14(15(20)17-10-11-6-5-9-22-11)18-12-7-3-4-8-13(12)19-16/h3-9H,2,10H2,1H3,(H,17,20). The minimum atomic E-state index is -0.349. The number of nitrogens with zero attached hydrogens (tertiary/aromatic N) is 2. The zero-order valence-electron chi connectivity index (χ0n) is 12.1. The molecule has 0 fully saturated rings. The highest BCUT2D eigenvalue weighted by Gasteiger charge is 2.17. The number of nitrogens with one attached hydrogen (secondary N) is 1. The number of carbonyl (C=O) groups is 1. The van der Waals surface area contributed by atoms with Crippen LogP contribution in [0.3, 0.4) is 0 Å². The molecule has 2 aromatic heterocycles. The molecule has 0 radical (unpaired) electrons. The lowest BCUT2D eigenvalue weighted by Gasteiger charge is -2.09. The van der Waals surface area contributed by atoms with Gasteiger partial charge < -0.3 is 14.5 Å². The van der Waals surface area contributed by atoms with Crippen molar-refractivity contribution in [2.75, 3.05) is 6.61 Å². The van der Waals surface area contributed by atoms with Gasteiger partial charge in [-0.15, -0.1) is 0 Å². The van der Waals surface area contributed by atoms with Crippen molar-refractivity contribution >= 4 is 16.9 Å². The van der Waals surface area contributed by atoms with E-state index in [1.165, 1.54) is 0 Å². The van der Waals surface area contributed by atoms with Crippen LogP contribution in [0, 0.1) is 0 Å². The minimum Gasteiger partial charge on any atom is -0.476 e. The number of hydrogen-bond donors (Lipinski definition) is 1. The molecule has 6 nitrogen and oxygen atoms in total. The van der Waals surface area contributed by atoms with Crippen LogP contribution in [-0.4, -0.2) is 22.5 Å². The smallest absolute Gasteiger partial charge is 0.275 e. The molecular formula is C16H15N3O3. The highest BCUT2D eigenvalue weighted by Crippen LogP contribution is 2.19. The van der Waals surface area contributed by atoms with Gasteiger partial charge in [-0.3, -0.25) is 4.79 Å². The van der Waals surface area contributed by atoms with Crippen molar-refractivity contribution in [1.82, 2.24) is 15.3 Å². The highest BCUT2D eigenvalue weighted by molar-refractivity contribution is 5.96. The van der Waals surface area contributed by atoms with Gasteiger partial charge in [-0.05, 0) is 31.2 Å². The Labute approximate surface area is 127 Å². The zero-order chi connectivity index (χ0) is 15.4. The molecule has 0 aliphatic carbocycles. The van der Waals surface area contributed by atoms with Gasteiger partial charge in [-0.25, -0.2) is 9.97 Å². The summed E-state index contributed by atoms with van der Waals surface area (Å²) in [4.78, 5) is 21.1. The van der Waals surface area contributed by atoms with E-state index in [1.54, 1.807) is 24.5 Å². The molecule has 3 rings (SSSR count). The van der Waals surface area contributed by atoms with Crippen LogP contribution >= 0.6 is 0 Å². The molecule has 22 heavy (non-hydrogen) atoms. The third-order valence-corrected chi connectivity index (χ3v) is 3.04. The second-order valence-electron chi connectivity index (χ2n) is 4.56. The van der Waals surface area contributed by atoms with E-state index in [0.29, 0.717) is 23.4 Å². The van der Waals surface area contributed by atoms with Crippen molar-refractivity contribution in [3.63, 3.8) is 0 Å². The number of hydrogen-bond acceptors (Lipinski definition) is 5. The maximum Gasteiger partial charge on any atom is 0.275 e. The number of benzene rings is 1. The van der Waals surface area contributed by atoms with Crippen LogP contribution in [0.4, 0.5) is 0 Å². The summed E-state index contributed by atoms with van der Waals surface area (Å²) in [6.07, 6.45) is 1.56. The first-order chi connectivity index (χ1) is 10.8.